The van der Waals surface area contributed by atoms with Crippen molar-refractivity contribution in [2.75, 3.05) is 46.9 Å². The molecule has 0 spiro atoms. The fourth-order valence-electron chi connectivity index (χ4n) is 3.64. The SMILES string of the molecule is CCN(CC)Cc1cc(-c2nccn2CC2CN(C)CCO2)ccc1OC. The van der Waals surface area contributed by atoms with Gasteiger partial charge < -0.3 is 18.9 Å². The molecular formula is C21H32N4O2. The van der Waals surface area contributed by atoms with Gasteiger partial charge in [-0.1, -0.05) is 13.8 Å². The van der Waals surface area contributed by atoms with E-state index in [-0.39, 0.29) is 6.10 Å². The summed E-state index contributed by atoms with van der Waals surface area (Å²) >= 11 is 0. The van der Waals surface area contributed by atoms with Crippen molar-refractivity contribution in [3.63, 3.8) is 0 Å². The van der Waals surface area contributed by atoms with Gasteiger partial charge in [-0.25, -0.2) is 4.98 Å². The van der Waals surface area contributed by atoms with Crippen LogP contribution >= 0.6 is 0 Å². The summed E-state index contributed by atoms with van der Waals surface area (Å²) in [5, 5.41) is 0. The van der Waals surface area contributed by atoms with Gasteiger partial charge in [-0.3, -0.25) is 4.90 Å². The second kappa shape index (κ2) is 9.35. The maximum absolute atomic E-state index is 5.94. The summed E-state index contributed by atoms with van der Waals surface area (Å²) in [5.41, 5.74) is 2.31. The Morgan fingerprint density at radius 1 is 1.30 bits per heavy atom. The van der Waals surface area contributed by atoms with Crippen molar-refractivity contribution < 1.29 is 9.47 Å². The molecule has 1 aliphatic rings. The highest BCUT2D eigenvalue weighted by Gasteiger charge is 2.20. The second-order valence-electron chi connectivity index (χ2n) is 7.15. The molecule has 2 aromatic rings. The van der Waals surface area contributed by atoms with Crippen LogP contribution in [0, 0.1) is 0 Å². The van der Waals surface area contributed by atoms with E-state index in [1.807, 2.05) is 12.4 Å². The van der Waals surface area contributed by atoms with Crippen LogP contribution in [0.15, 0.2) is 30.6 Å². The molecule has 0 bridgehead atoms. The first-order valence-electron chi connectivity index (χ1n) is 9.85. The third-order valence-corrected chi connectivity index (χ3v) is 5.28. The molecule has 148 valence electrons. The average molecular weight is 373 g/mol. The molecule has 2 heterocycles. The third-order valence-electron chi connectivity index (χ3n) is 5.28. The van der Waals surface area contributed by atoms with E-state index in [2.05, 4.69) is 58.4 Å². The van der Waals surface area contributed by atoms with E-state index in [9.17, 15) is 0 Å². The van der Waals surface area contributed by atoms with Crippen molar-refractivity contribution in [1.82, 2.24) is 19.4 Å². The van der Waals surface area contributed by atoms with Crippen molar-refractivity contribution >= 4 is 0 Å². The lowest BCUT2D eigenvalue weighted by Crippen LogP contribution is -2.41. The quantitative estimate of drug-likeness (QED) is 0.713. The first kappa shape index (κ1) is 19.9. The summed E-state index contributed by atoms with van der Waals surface area (Å²) in [6.45, 7) is 10.9. The van der Waals surface area contributed by atoms with Crippen LogP contribution in [0.25, 0.3) is 11.4 Å². The van der Waals surface area contributed by atoms with Crippen LogP contribution in [0.4, 0.5) is 0 Å². The second-order valence-corrected chi connectivity index (χ2v) is 7.15. The molecule has 0 amide bonds. The van der Waals surface area contributed by atoms with Gasteiger partial charge in [-0.15, -0.1) is 0 Å². The number of methoxy groups -OCH3 is 1. The van der Waals surface area contributed by atoms with E-state index >= 15 is 0 Å². The summed E-state index contributed by atoms with van der Waals surface area (Å²) in [5.74, 6) is 1.91. The number of imidazole rings is 1. The van der Waals surface area contributed by atoms with Crippen LogP contribution in [0.5, 0.6) is 5.75 Å². The highest BCUT2D eigenvalue weighted by Crippen LogP contribution is 2.27. The number of hydrogen-bond acceptors (Lipinski definition) is 5. The molecule has 0 N–H and O–H groups in total. The normalized spacial score (nSPS) is 18.2. The van der Waals surface area contributed by atoms with Crippen molar-refractivity contribution in [3.8, 4) is 17.1 Å². The zero-order chi connectivity index (χ0) is 19.2. The lowest BCUT2D eigenvalue weighted by atomic mass is 10.1. The van der Waals surface area contributed by atoms with E-state index in [0.29, 0.717) is 0 Å². The molecule has 0 saturated carbocycles. The van der Waals surface area contributed by atoms with Gasteiger partial charge in [-0.05, 0) is 38.3 Å². The fraction of sp³-hybridized carbons (Fsp3) is 0.571. The number of nitrogens with zero attached hydrogens (tertiary/aromatic N) is 4. The number of benzene rings is 1. The topological polar surface area (TPSA) is 42.8 Å². The summed E-state index contributed by atoms with van der Waals surface area (Å²) < 4.78 is 13.7. The molecule has 6 heteroatoms. The van der Waals surface area contributed by atoms with Gasteiger partial charge >= 0.3 is 0 Å². The number of aromatic nitrogens is 2. The molecule has 27 heavy (non-hydrogen) atoms. The van der Waals surface area contributed by atoms with Crippen LogP contribution in [-0.4, -0.2) is 72.4 Å². The van der Waals surface area contributed by atoms with Gasteiger partial charge in [0.15, 0.2) is 0 Å². The summed E-state index contributed by atoms with van der Waals surface area (Å²) in [6.07, 6.45) is 4.11. The number of ether oxygens (including phenoxy) is 2. The Morgan fingerprint density at radius 3 is 2.81 bits per heavy atom. The van der Waals surface area contributed by atoms with Crippen LogP contribution < -0.4 is 4.74 Å². The molecule has 0 radical (unpaired) electrons. The monoisotopic (exact) mass is 372 g/mol. The Bertz CT molecular complexity index is 727. The smallest absolute Gasteiger partial charge is 0.139 e. The lowest BCUT2D eigenvalue weighted by Gasteiger charge is -2.30. The van der Waals surface area contributed by atoms with Crippen molar-refractivity contribution in [2.45, 2.75) is 33.0 Å². The van der Waals surface area contributed by atoms with E-state index in [1.54, 1.807) is 7.11 Å². The molecule has 1 fully saturated rings. The zero-order valence-electron chi connectivity index (χ0n) is 17.0. The highest BCUT2D eigenvalue weighted by molar-refractivity contribution is 5.59. The third kappa shape index (κ3) is 4.89. The van der Waals surface area contributed by atoms with Crippen LogP contribution in [-0.2, 0) is 17.8 Å². The maximum atomic E-state index is 5.94. The van der Waals surface area contributed by atoms with Gasteiger partial charge in [-0.2, -0.15) is 0 Å². The number of morpholine rings is 1. The Balaban J connectivity index is 1.83. The molecule has 1 saturated heterocycles. The molecule has 1 aromatic heterocycles. The number of rotatable bonds is 8. The molecule has 1 aromatic carbocycles. The maximum Gasteiger partial charge on any atom is 0.139 e. The molecule has 0 aliphatic carbocycles. The Morgan fingerprint density at radius 2 is 2.11 bits per heavy atom. The largest absolute Gasteiger partial charge is 0.496 e. The average Bonchev–Trinajstić information content (AvgIpc) is 3.14. The van der Waals surface area contributed by atoms with Crippen molar-refractivity contribution in [3.05, 3.63) is 36.2 Å². The van der Waals surface area contributed by atoms with Gasteiger partial charge in [0.1, 0.15) is 11.6 Å². The molecule has 3 rings (SSSR count). The minimum absolute atomic E-state index is 0.199. The first-order valence-corrected chi connectivity index (χ1v) is 9.85. The molecule has 1 unspecified atom stereocenters. The zero-order valence-corrected chi connectivity index (χ0v) is 17.0. The Labute approximate surface area is 162 Å². The standard InChI is InChI=1S/C21H32N4O2/c1-5-24(6-2)14-18-13-17(7-8-20(18)26-4)21-22-9-10-25(21)16-19-15-23(3)11-12-27-19/h7-10,13,19H,5-6,11-12,14-16H2,1-4H3. The van der Waals surface area contributed by atoms with Crippen LogP contribution in [0.2, 0.25) is 0 Å². The highest BCUT2D eigenvalue weighted by atomic mass is 16.5. The molecular weight excluding hydrogens is 340 g/mol. The summed E-state index contributed by atoms with van der Waals surface area (Å²) in [6, 6.07) is 6.36. The molecule has 1 aliphatic heterocycles. The first-order chi connectivity index (χ1) is 13.1. The van der Waals surface area contributed by atoms with Gasteiger partial charge in [0.25, 0.3) is 0 Å². The van der Waals surface area contributed by atoms with Gasteiger partial charge in [0, 0.05) is 43.2 Å². The Hall–Kier alpha value is -1.89. The predicted molar refractivity (Wildman–Crippen MR) is 108 cm³/mol. The van der Waals surface area contributed by atoms with Crippen LogP contribution in [0.1, 0.15) is 19.4 Å². The minimum atomic E-state index is 0.199. The van der Waals surface area contributed by atoms with E-state index in [1.165, 1.54) is 5.56 Å². The van der Waals surface area contributed by atoms with Gasteiger partial charge in [0.2, 0.25) is 0 Å². The fourth-order valence-corrected chi connectivity index (χ4v) is 3.64. The number of hydrogen-bond donors (Lipinski definition) is 0. The van der Waals surface area contributed by atoms with E-state index < -0.39 is 0 Å². The summed E-state index contributed by atoms with van der Waals surface area (Å²) in [4.78, 5) is 9.33. The van der Waals surface area contributed by atoms with Crippen molar-refractivity contribution in [2.24, 2.45) is 0 Å². The molecule has 6 nitrogen and oxygen atoms in total. The van der Waals surface area contributed by atoms with E-state index in [4.69, 9.17) is 9.47 Å². The minimum Gasteiger partial charge on any atom is -0.496 e. The van der Waals surface area contributed by atoms with Gasteiger partial charge in [0.05, 0.1) is 26.4 Å². The predicted octanol–water partition coefficient (Wildman–Crippen LogP) is 2.73. The molecule has 1 atom stereocenters. The Kier molecular flexibility index (Phi) is 6.88. The van der Waals surface area contributed by atoms with E-state index in [0.717, 1.165) is 63.0 Å². The van der Waals surface area contributed by atoms with Crippen LogP contribution in [0.3, 0.4) is 0 Å². The lowest BCUT2D eigenvalue weighted by molar-refractivity contribution is -0.0272. The van der Waals surface area contributed by atoms with Crippen molar-refractivity contribution in [1.29, 1.82) is 0 Å². The summed E-state index contributed by atoms with van der Waals surface area (Å²) in [7, 11) is 3.88. The number of likely N-dealkylation sites (N-methyl/N-ethyl adjacent to an activating group) is 1.